The zero-order valence-corrected chi connectivity index (χ0v) is 6.26. The summed E-state index contributed by atoms with van der Waals surface area (Å²) in [6.45, 7) is 0. The maximum atomic E-state index is 5.75. The molecule has 54 valence electrons. The molecule has 0 atom stereocenters. The molecular weight excluding hydrogens is 152 g/mol. The van der Waals surface area contributed by atoms with Crippen LogP contribution in [0, 0.1) is 0 Å². The molecule has 0 unspecified atom stereocenters. The van der Waals surface area contributed by atoms with Crippen molar-refractivity contribution >= 4 is 17.4 Å². The van der Waals surface area contributed by atoms with Crippen LogP contribution in [0.4, 0.5) is 5.82 Å². The number of anilines is 1. The van der Waals surface area contributed by atoms with E-state index in [1.165, 1.54) is 0 Å². The van der Waals surface area contributed by atoms with Crippen molar-refractivity contribution in [1.29, 1.82) is 0 Å². The number of aryl methyl sites for hydroxylation is 1. The molecule has 0 radical (unpaired) electrons. The third-order valence-electron chi connectivity index (χ3n) is 1.14. The normalized spacial score (nSPS) is 9.50. The summed E-state index contributed by atoms with van der Waals surface area (Å²) in [5.41, 5.74) is 2.37. The largest absolute Gasteiger partial charge is 0.319 e. The first-order chi connectivity index (χ1) is 4.75. The minimum absolute atomic E-state index is 0.478. The van der Waals surface area contributed by atoms with E-state index in [1.807, 2.05) is 7.05 Å². The van der Waals surface area contributed by atoms with Crippen molar-refractivity contribution in [2.24, 2.45) is 12.9 Å². The molecule has 0 aliphatic rings. The Balaban J connectivity index is 3.14. The van der Waals surface area contributed by atoms with Crippen molar-refractivity contribution in [2.45, 2.75) is 0 Å². The number of nitrogen functional groups attached to an aromatic ring is 1. The Labute approximate surface area is 63.6 Å². The molecule has 0 saturated heterocycles. The molecule has 0 fully saturated rings. The Morgan fingerprint density at radius 3 is 3.00 bits per heavy atom. The van der Waals surface area contributed by atoms with Crippen LogP contribution < -0.4 is 15.8 Å². The van der Waals surface area contributed by atoms with Crippen LogP contribution in [0.5, 0.6) is 0 Å². The maximum Gasteiger partial charge on any atom is 0.319 e. The lowest BCUT2D eigenvalue weighted by Gasteiger charge is -1.96. The predicted octanol–water partition coefficient (Wildman–Crippen LogP) is -0.155. The van der Waals surface area contributed by atoms with Crippen molar-refractivity contribution in [1.82, 2.24) is 4.98 Å². The van der Waals surface area contributed by atoms with Gasteiger partial charge in [0.15, 0.2) is 6.20 Å². The minimum Gasteiger partial charge on any atom is -0.302 e. The monoisotopic (exact) mass is 159 g/mol. The fraction of sp³-hybridized carbons (Fsp3) is 0.200. The first kappa shape index (κ1) is 7.24. The van der Waals surface area contributed by atoms with Crippen LogP contribution in [0.2, 0.25) is 5.15 Å². The Kier molecular flexibility index (Phi) is 2.03. The van der Waals surface area contributed by atoms with E-state index in [4.69, 9.17) is 17.4 Å². The molecule has 1 aromatic heterocycles. The molecule has 0 spiro atoms. The number of rotatable bonds is 1. The van der Waals surface area contributed by atoms with Gasteiger partial charge >= 0.3 is 5.15 Å². The van der Waals surface area contributed by atoms with Crippen molar-refractivity contribution in [3.63, 3.8) is 0 Å². The first-order valence-electron chi connectivity index (χ1n) is 2.72. The minimum atomic E-state index is 0.478. The van der Waals surface area contributed by atoms with Gasteiger partial charge in [-0.2, -0.15) is 4.57 Å². The molecule has 1 heterocycles. The number of nitrogens with zero attached hydrogens (tertiary/aromatic N) is 2. The van der Waals surface area contributed by atoms with E-state index in [0.29, 0.717) is 11.0 Å². The van der Waals surface area contributed by atoms with Crippen LogP contribution in [-0.4, -0.2) is 4.98 Å². The Morgan fingerprint density at radius 1 is 1.80 bits per heavy atom. The van der Waals surface area contributed by atoms with Gasteiger partial charge in [0.25, 0.3) is 0 Å². The molecule has 5 heteroatoms. The highest BCUT2D eigenvalue weighted by molar-refractivity contribution is 6.30. The summed E-state index contributed by atoms with van der Waals surface area (Å²) in [4.78, 5) is 3.87. The fourth-order valence-electron chi connectivity index (χ4n) is 0.590. The Morgan fingerprint density at radius 2 is 2.50 bits per heavy atom. The summed E-state index contributed by atoms with van der Waals surface area (Å²) in [6, 6.07) is 0. The molecule has 3 N–H and O–H groups in total. The quantitative estimate of drug-likeness (QED) is 0.340. The van der Waals surface area contributed by atoms with E-state index in [9.17, 15) is 0 Å². The van der Waals surface area contributed by atoms with Gasteiger partial charge in [-0.15, -0.1) is 0 Å². The number of nitrogens with two attached hydrogens (primary N) is 1. The lowest BCUT2D eigenvalue weighted by molar-refractivity contribution is -0.669. The molecule has 0 aromatic carbocycles. The molecule has 0 bridgehead atoms. The van der Waals surface area contributed by atoms with Gasteiger partial charge in [0.05, 0.1) is 6.20 Å². The molecule has 0 amide bonds. The molecule has 0 saturated carbocycles. The third-order valence-corrected chi connectivity index (χ3v) is 1.58. The number of hydrogen-bond donors (Lipinski definition) is 2. The average molecular weight is 160 g/mol. The molecule has 1 aromatic rings. The van der Waals surface area contributed by atoms with E-state index in [-0.39, 0.29) is 0 Å². The van der Waals surface area contributed by atoms with Crippen LogP contribution in [0.25, 0.3) is 0 Å². The lowest BCUT2D eigenvalue weighted by Crippen LogP contribution is -2.30. The molecular formula is C5H8ClN4+. The van der Waals surface area contributed by atoms with Gasteiger partial charge in [0, 0.05) is 0 Å². The van der Waals surface area contributed by atoms with Gasteiger partial charge in [-0.1, -0.05) is 0 Å². The summed E-state index contributed by atoms with van der Waals surface area (Å²) in [5.74, 6) is 5.59. The number of hydrazine groups is 1. The molecule has 0 aliphatic carbocycles. The van der Waals surface area contributed by atoms with Crippen molar-refractivity contribution < 1.29 is 4.57 Å². The highest BCUT2D eigenvalue weighted by Crippen LogP contribution is 2.09. The number of halogens is 1. The topological polar surface area (TPSA) is 54.8 Å². The van der Waals surface area contributed by atoms with Gasteiger partial charge in [0.1, 0.15) is 7.05 Å². The van der Waals surface area contributed by atoms with Crippen molar-refractivity contribution in [2.75, 3.05) is 5.43 Å². The summed E-state index contributed by atoms with van der Waals surface area (Å²) in [5, 5.41) is 0.491. The Bertz CT molecular complexity index is 237. The predicted molar refractivity (Wildman–Crippen MR) is 38.2 cm³/mol. The zero-order chi connectivity index (χ0) is 7.56. The van der Waals surface area contributed by atoms with E-state index in [2.05, 4.69) is 10.4 Å². The number of nitrogens with one attached hydrogen (secondary N) is 1. The second-order valence-electron chi connectivity index (χ2n) is 1.82. The van der Waals surface area contributed by atoms with Crippen LogP contribution >= 0.6 is 11.6 Å². The highest BCUT2D eigenvalue weighted by Gasteiger charge is 2.08. The smallest absolute Gasteiger partial charge is 0.302 e. The SMILES string of the molecule is C[n+]1ccnc(NN)c1Cl. The van der Waals surface area contributed by atoms with Crippen LogP contribution in [-0.2, 0) is 7.05 Å². The summed E-state index contributed by atoms with van der Waals surface area (Å²) < 4.78 is 1.71. The molecule has 10 heavy (non-hydrogen) atoms. The molecule has 0 aliphatic heterocycles. The molecule has 4 nitrogen and oxygen atoms in total. The van der Waals surface area contributed by atoms with Gasteiger partial charge in [-0.05, 0) is 11.6 Å². The second kappa shape index (κ2) is 2.81. The summed E-state index contributed by atoms with van der Waals surface area (Å²) >= 11 is 5.75. The standard InChI is InChI=1S/C5H7ClN4/c1-10-3-2-8-5(9-7)4(10)6/h2-3,7-8H,1H3/p+1. The maximum absolute atomic E-state index is 5.75. The van der Waals surface area contributed by atoms with E-state index >= 15 is 0 Å². The Hall–Kier alpha value is -0.870. The van der Waals surface area contributed by atoms with Crippen LogP contribution in [0.1, 0.15) is 0 Å². The van der Waals surface area contributed by atoms with Gasteiger partial charge in [-0.25, -0.2) is 10.8 Å². The van der Waals surface area contributed by atoms with E-state index in [1.54, 1.807) is 17.0 Å². The average Bonchev–Trinajstić information content (AvgIpc) is 1.95. The lowest BCUT2D eigenvalue weighted by atomic mass is 10.6. The van der Waals surface area contributed by atoms with Gasteiger partial charge in [0.2, 0.25) is 5.82 Å². The van der Waals surface area contributed by atoms with Gasteiger partial charge in [-0.3, -0.25) is 0 Å². The van der Waals surface area contributed by atoms with E-state index < -0.39 is 0 Å². The number of hydrogen-bond acceptors (Lipinski definition) is 3. The van der Waals surface area contributed by atoms with E-state index in [0.717, 1.165) is 0 Å². The second-order valence-corrected chi connectivity index (χ2v) is 2.18. The summed E-state index contributed by atoms with van der Waals surface area (Å²) in [6.07, 6.45) is 3.35. The van der Waals surface area contributed by atoms with Crippen LogP contribution in [0.15, 0.2) is 12.4 Å². The van der Waals surface area contributed by atoms with Crippen molar-refractivity contribution in [3.8, 4) is 0 Å². The summed E-state index contributed by atoms with van der Waals surface area (Å²) in [7, 11) is 1.81. The highest BCUT2D eigenvalue weighted by atomic mass is 35.5. The number of aromatic nitrogens is 2. The third kappa shape index (κ3) is 1.17. The first-order valence-corrected chi connectivity index (χ1v) is 3.10. The van der Waals surface area contributed by atoms with Crippen LogP contribution in [0.3, 0.4) is 0 Å². The van der Waals surface area contributed by atoms with Crippen molar-refractivity contribution in [3.05, 3.63) is 17.5 Å². The fourth-order valence-corrected chi connectivity index (χ4v) is 0.750. The molecule has 1 rings (SSSR count). The zero-order valence-electron chi connectivity index (χ0n) is 5.50. The van der Waals surface area contributed by atoms with Gasteiger partial charge < -0.3 is 5.43 Å².